The molecule has 1 aliphatic heterocycles. The van der Waals surface area contributed by atoms with E-state index in [2.05, 4.69) is 16.6 Å². The van der Waals surface area contributed by atoms with Crippen LogP contribution in [0.5, 0.6) is 0 Å². The van der Waals surface area contributed by atoms with E-state index in [-0.39, 0.29) is 12.4 Å². The number of aliphatic hydroxyl groups excluding tert-OH is 1. The molecule has 0 radical (unpaired) electrons. The molecule has 1 aliphatic rings. The van der Waals surface area contributed by atoms with Crippen LogP contribution in [0.2, 0.25) is 0 Å². The largest absolute Gasteiger partial charge is 0.404 e. The van der Waals surface area contributed by atoms with Gasteiger partial charge in [-0.05, 0) is 25.9 Å². The summed E-state index contributed by atoms with van der Waals surface area (Å²) < 4.78 is 0. The Balaban J connectivity index is 2.27. The lowest BCUT2D eigenvalue weighted by Gasteiger charge is -2.27. The van der Waals surface area contributed by atoms with E-state index < -0.39 is 6.10 Å². The zero-order chi connectivity index (χ0) is 14.1. The van der Waals surface area contributed by atoms with E-state index in [1.165, 1.54) is 31.5 Å². The topological polar surface area (TPSA) is 97.1 Å². The zero-order valence-electron chi connectivity index (χ0n) is 11.3. The van der Waals surface area contributed by atoms with Crippen LogP contribution < -0.4 is 11.5 Å². The Hall–Kier alpha value is -1.53. The number of β-amino-alcohol motifs (C(OH)–C–C–N with tert-alkyl or cyclic N) is 1. The molecular weight excluding hydrogens is 244 g/mol. The number of aliphatic hydroxyl groups is 1. The average Bonchev–Trinajstić information content (AvgIpc) is 2.41. The summed E-state index contributed by atoms with van der Waals surface area (Å²) in [4.78, 5) is 7.26. The lowest BCUT2D eigenvalue weighted by Crippen LogP contribution is -2.38. The minimum absolute atomic E-state index is 0.117. The Morgan fingerprint density at radius 1 is 1.42 bits per heavy atom. The van der Waals surface area contributed by atoms with E-state index >= 15 is 0 Å². The second-order valence-electron chi connectivity index (χ2n) is 4.61. The number of hydrogen-bond acceptors (Lipinski definition) is 5. The maximum atomic E-state index is 9.83. The maximum Gasteiger partial charge on any atom is 0.171 e. The molecule has 0 aromatic heterocycles. The van der Waals surface area contributed by atoms with Crippen LogP contribution in [0, 0.1) is 0 Å². The summed E-state index contributed by atoms with van der Waals surface area (Å²) in [6, 6.07) is 0. The Kier molecular flexibility index (Phi) is 6.99. The highest BCUT2D eigenvalue weighted by atomic mass is 16.6. The molecule has 0 saturated carbocycles. The highest BCUT2D eigenvalue weighted by Gasteiger charge is 2.14. The summed E-state index contributed by atoms with van der Waals surface area (Å²) in [5.41, 5.74) is 11.5. The van der Waals surface area contributed by atoms with Gasteiger partial charge in [0.2, 0.25) is 0 Å². The second kappa shape index (κ2) is 8.55. The highest BCUT2D eigenvalue weighted by Crippen LogP contribution is 2.09. The lowest BCUT2D eigenvalue weighted by atomic mass is 10.1. The van der Waals surface area contributed by atoms with Crippen molar-refractivity contribution < 1.29 is 9.94 Å². The quantitative estimate of drug-likeness (QED) is 0.264. The fraction of sp³-hybridized carbons (Fsp3) is 0.615. The third-order valence-electron chi connectivity index (χ3n) is 3.04. The van der Waals surface area contributed by atoms with Crippen LogP contribution in [0.15, 0.2) is 29.6 Å². The summed E-state index contributed by atoms with van der Waals surface area (Å²) in [6.45, 7) is 6.36. The van der Waals surface area contributed by atoms with Gasteiger partial charge < -0.3 is 26.3 Å². The van der Waals surface area contributed by atoms with E-state index in [0.29, 0.717) is 12.1 Å². The third kappa shape index (κ3) is 5.76. The van der Waals surface area contributed by atoms with Crippen LogP contribution in [0.3, 0.4) is 0 Å². The Labute approximate surface area is 114 Å². The molecule has 1 heterocycles. The van der Waals surface area contributed by atoms with Crippen molar-refractivity contribution in [3.63, 3.8) is 0 Å². The van der Waals surface area contributed by atoms with Crippen molar-refractivity contribution >= 4 is 5.84 Å². The van der Waals surface area contributed by atoms with Gasteiger partial charge in [-0.2, -0.15) is 0 Å². The third-order valence-corrected chi connectivity index (χ3v) is 3.04. The summed E-state index contributed by atoms with van der Waals surface area (Å²) in [6.07, 6.45) is 5.90. The molecule has 108 valence electrons. The molecule has 1 unspecified atom stereocenters. The van der Waals surface area contributed by atoms with E-state index in [0.717, 1.165) is 13.1 Å². The second-order valence-corrected chi connectivity index (χ2v) is 4.61. The average molecular weight is 268 g/mol. The normalized spacial score (nSPS) is 20.1. The van der Waals surface area contributed by atoms with E-state index in [1.807, 2.05) is 0 Å². The number of nitrogens with zero attached hydrogens (tertiary/aromatic N) is 2. The summed E-state index contributed by atoms with van der Waals surface area (Å²) in [5, 5.41) is 13.5. The first-order valence-corrected chi connectivity index (χ1v) is 6.58. The predicted octanol–water partition coefficient (Wildman–Crippen LogP) is 0.151. The molecule has 1 fully saturated rings. The van der Waals surface area contributed by atoms with Crippen LogP contribution in [-0.2, 0) is 4.84 Å². The van der Waals surface area contributed by atoms with Gasteiger partial charge in [-0.15, -0.1) is 0 Å². The van der Waals surface area contributed by atoms with Crippen LogP contribution >= 0.6 is 0 Å². The Morgan fingerprint density at radius 3 is 2.68 bits per heavy atom. The number of hydrogen-bond donors (Lipinski definition) is 3. The minimum atomic E-state index is -0.566. The monoisotopic (exact) mass is 268 g/mol. The van der Waals surface area contributed by atoms with Crippen molar-refractivity contribution in [2.45, 2.75) is 25.4 Å². The van der Waals surface area contributed by atoms with Gasteiger partial charge in [0.1, 0.15) is 12.7 Å². The molecule has 6 nitrogen and oxygen atoms in total. The minimum Gasteiger partial charge on any atom is -0.404 e. The Bertz CT molecular complexity index is 336. The summed E-state index contributed by atoms with van der Waals surface area (Å²) >= 11 is 0. The van der Waals surface area contributed by atoms with Gasteiger partial charge in [0.05, 0.1) is 0 Å². The van der Waals surface area contributed by atoms with Crippen LogP contribution in [0.4, 0.5) is 0 Å². The van der Waals surface area contributed by atoms with Crippen LogP contribution in [0.1, 0.15) is 19.3 Å². The molecule has 1 rings (SSSR count). The van der Waals surface area contributed by atoms with Gasteiger partial charge in [-0.1, -0.05) is 24.2 Å². The van der Waals surface area contributed by atoms with Crippen molar-refractivity contribution in [3.8, 4) is 0 Å². The van der Waals surface area contributed by atoms with Crippen LogP contribution in [0.25, 0.3) is 0 Å². The highest BCUT2D eigenvalue weighted by molar-refractivity contribution is 5.98. The van der Waals surface area contributed by atoms with Gasteiger partial charge >= 0.3 is 0 Å². The molecule has 1 atom stereocenters. The van der Waals surface area contributed by atoms with Crippen molar-refractivity contribution in [2.24, 2.45) is 16.6 Å². The number of rotatable bonds is 7. The molecule has 0 aromatic carbocycles. The molecule has 0 amide bonds. The van der Waals surface area contributed by atoms with E-state index in [1.54, 1.807) is 0 Å². The number of amidine groups is 1. The fourth-order valence-electron chi connectivity index (χ4n) is 2.00. The van der Waals surface area contributed by atoms with Gasteiger partial charge in [-0.25, -0.2) is 0 Å². The first-order valence-electron chi connectivity index (χ1n) is 6.58. The van der Waals surface area contributed by atoms with Gasteiger partial charge in [0, 0.05) is 18.3 Å². The van der Waals surface area contributed by atoms with Crippen LogP contribution in [-0.4, -0.2) is 48.2 Å². The van der Waals surface area contributed by atoms with E-state index in [4.69, 9.17) is 16.3 Å². The van der Waals surface area contributed by atoms with Crippen molar-refractivity contribution in [2.75, 3.05) is 26.2 Å². The maximum absolute atomic E-state index is 9.83. The van der Waals surface area contributed by atoms with Crippen molar-refractivity contribution in [1.82, 2.24) is 4.90 Å². The first kappa shape index (κ1) is 15.5. The standard InChI is InChI=1S/C13H24N4O2/c1-2-11(8-14)13(15)16-19-10-12(18)9-17-6-4-3-5-7-17/h2,8,12,18H,1,3-7,9-10,14H2,(H2,15,16)/b11-8+. The molecular formula is C13H24N4O2. The molecule has 6 heteroatoms. The first-order chi connectivity index (χ1) is 9.17. The lowest BCUT2D eigenvalue weighted by molar-refractivity contribution is 0.0157. The van der Waals surface area contributed by atoms with Gasteiger partial charge in [0.25, 0.3) is 0 Å². The number of oxime groups is 1. The predicted molar refractivity (Wildman–Crippen MR) is 76.3 cm³/mol. The Morgan fingerprint density at radius 2 is 2.11 bits per heavy atom. The van der Waals surface area contributed by atoms with Gasteiger partial charge in [0.15, 0.2) is 5.84 Å². The van der Waals surface area contributed by atoms with E-state index in [9.17, 15) is 5.11 Å². The zero-order valence-corrected chi connectivity index (χ0v) is 11.3. The number of nitrogens with two attached hydrogens (primary N) is 2. The number of likely N-dealkylation sites (tertiary alicyclic amines) is 1. The van der Waals surface area contributed by atoms with Crippen molar-refractivity contribution in [3.05, 3.63) is 24.4 Å². The molecule has 1 saturated heterocycles. The molecule has 0 aromatic rings. The molecule has 19 heavy (non-hydrogen) atoms. The SMILES string of the molecule is C=CC(=C\N)/C(N)=N/OCC(O)CN1CCCCC1. The summed E-state index contributed by atoms with van der Waals surface area (Å²) in [5.74, 6) is 0.155. The number of piperidine rings is 1. The summed E-state index contributed by atoms with van der Waals surface area (Å²) in [7, 11) is 0. The fourth-order valence-corrected chi connectivity index (χ4v) is 2.00. The molecule has 0 spiro atoms. The smallest absolute Gasteiger partial charge is 0.171 e. The van der Waals surface area contributed by atoms with Gasteiger partial charge in [-0.3, -0.25) is 0 Å². The molecule has 5 N–H and O–H groups in total. The van der Waals surface area contributed by atoms with Crippen molar-refractivity contribution in [1.29, 1.82) is 0 Å². The molecule has 0 aliphatic carbocycles. The molecule has 0 bridgehead atoms.